The smallest absolute Gasteiger partial charge is 0.252 e. The lowest BCUT2D eigenvalue weighted by atomic mass is 10.1. The van der Waals surface area contributed by atoms with Crippen LogP contribution >= 0.6 is 11.3 Å². The maximum Gasteiger partial charge on any atom is 0.252 e. The van der Waals surface area contributed by atoms with Crippen LogP contribution in [0.25, 0.3) is 10.9 Å². The van der Waals surface area contributed by atoms with Crippen LogP contribution in [0, 0.1) is 0 Å². The van der Waals surface area contributed by atoms with Crippen molar-refractivity contribution in [2.45, 2.75) is 19.8 Å². The number of H-pyrrole nitrogens is 1. The Bertz CT molecular complexity index is 868. The summed E-state index contributed by atoms with van der Waals surface area (Å²) in [7, 11) is 0. The number of hydrogen-bond acceptors (Lipinski definition) is 3. The van der Waals surface area contributed by atoms with Crippen LogP contribution in [0.4, 0.5) is 0 Å². The summed E-state index contributed by atoms with van der Waals surface area (Å²) in [6.07, 6.45) is 3.74. The Kier molecular flexibility index (Phi) is 5.50. The van der Waals surface area contributed by atoms with E-state index >= 15 is 0 Å². The molecule has 3 N–H and O–H groups in total. The highest BCUT2D eigenvalue weighted by atomic mass is 32.1. The Balaban J connectivity index is 1.48. The number of fused-ring (bicyclic) bond motifs is 1. The predicted octanol–water partition coefficient (Wildman–Crippen LogP) is 2.88. The molecule has 1 aromatic carbocycles. The van der Waals surface area contributed by atoms with Crippen LogP contribution in [0.5, 0.6) is 0 Å². The van der Waals surface area contributed by atoms with Gasteiger partial charge in [0.2, 0.25) is 5.91 Å². The maximum atomic E-state index is 11.9. The van der Waals surface area contributed by atoms with Gasteiger partial charge >= 0.3 is 0 Å². The number of carbonyl (C=O) groups excluding carboxylic acids is 2. The number of nitrogens with one attached hydrogen (secondary N) is 3. The zero-order valence-electron chi connectivity index (χ0n) is 14.1. The van der Waals surface area contributed by atoms with E-state index in [1.807, 2.05) is 11.6 Å². The average molecular weight is 355 g/mol. The average Bonchev–Trinajstić information content (AvgIpc) is 3.29. The molecule has 2 amide bonds. The van der Waals surface area contributed by atoms with Crippen molar-refractivity contribution in [3.63, 3.8) is 0 Å². The third kappa shape index (κ3) is 4.09. The summed E-state index contributed by atoms with van der Waals surface area (Å²) in [5, 5.41) is 10.3. The first-order valence-electron chi connectivity index (χ1n) is 8.34. The summed E-state index contributed by atoms with van der Waals surface area (Å²) < 4.78 is 0. The van der Waals surface area contributed by atoms with Gasteiger partial charge < -0.3 is 15.6 Å². The molecule has 0 saturated carbocycles. The third-order valence-electron chi connectivity index (χ3n) is 4.18. The molecule has 2 heterocycles. The molecule has 0 fully saturated rings. The molecule has 3 rings (SSSR count). The monoisotopic (exact) mass is 355 g/mol. The van der Waals surface area contributed by atoms with E-state index in [0.717, 1.165) is 12.8 Å². The minimum absolute atomic E-state index is 0.0114. The Morgan fingerprint density at radius 3 is 2.80 bits per heavy atom. The van der Waals surface area contributed by atoms with Crippen LogP contribution in [0.15, 0.2) is 41.2 Å². The van der Waals surface area contributed by atoms with E-state index in [1.165, 1.54) is 33.4 Å². The molecule has 6 heteroatoms. The molecule has 0 saturated heterocycles. The molecule has 0 radical (unpaired) electrons. The van der Waals surface area contributed by atoms with Crippen molar-refractivity contribution in [3.05, 3.63) is 57.9 Å². The fourth-order valence-electron chi connectivity index (χ4n) is 2.83. The Morgan fingerprint density at radius 2 is 2.04 bits per heavy atom. The number of aromatic amines is 1. The summed E-state index contributed by atoms with van der Waals surface area (Å²) in [6.45, 7) is 2.67. The van der Waals surface area contributed by atoms with Gasteiger partial charge in [-0.2, -0.15) is 11.3 Å². The van der Waals surface area contributed by atoms with Gasteiger partial charge in [0.15, 0.2) is 0 Å². The first-order valence-corrected chi connectivity index (χ1v) is 9.28. The van der Waals surface area contributed by atoms with E-state index < -0.39 is 0 Å². The number of benzene rings is 1. The van der Waals surface area contributed by atoms with Crippen molar-refractivity contribution in [3.8, 4) is 0 Å². The van der Waals surface area contributed by atoms with Crippen LogP contribution in [0.2, 0.25) is 0 Å². The second kappa shape index (κ2) is 7.98. The van der Waals surface area contributed by atoms with E-state index in [1.54, 1.807) is 11.4 Å². The van der Waals surface area contributed by atoms with Gasteiger partial charge in [-0.3, -0.25) is 9.59 Å². The zero-order valence-corrected chi connectivity index (χ0v) is 14.9. The van der Waals surface area contributed by atoms with Gasteiger partial charge in [-0.25, -0.2) is 0 Å². The summed E-state index contributed by atoms with van der Waals surface area (Å²) >= 11 is 1.45. The van der Waals surface area contributed by atoms with E-state index in [9.17, 15) is 9.59 Å². The first kappa shape index (κ1) is 17.2. The molecule has 0 bridgehead atoms. The second-order valence-electron chi connectivity index (χ2n) is 5.80. The minimum atomic E-state index is -0.222. The number of hydrogen-bond donors (Lipinski definition) is 3. The van der Waals surface area contributed by atoms with Crippen LogP contribution in [-0.4, -0.2) is 29.9 Å². The highest BCUT2D eigenvalue weighted by Crippen LogP contribution is 2.22. The maximum absolute atomic E-state index is 11.9. The van der Waals surface area contributed by atoms with Crippen molar-refractivity contribution < 1.29 is 9.59 Å². The minimum Gasteiger partial charge on any atom is -0.361 e. The lowest BCUT2D eigenvalue weighted by Crippen LogP contribution is -2.37. The highest BCUT2D eigenvalue weighted by molar-refractivity contribution is 7.08. The van der Waals surface area contributed by atoms with Crippen LogP contribution in [-0.2, 0) is 17.6 Å². The highest BCUT2D eigenvalue weighted by Gasteiger charge is 2.09. The number of para-hydroxylation sites is 1. The molecular formula is C19H21N3O2S. The summed E-state index contributed by atoms with van der Waals surface area (Å²) in [4.78, 5) is 27.0. The zero-order chi connectivity index (χ0) is 17.6. The van der Waals surface area contributed by atoms with Gasteiger partial charge in [-0.05, 0) is 35.4 Å². The van der Waals surface area contributed by atoms with Gasteiger partial charge in [0.25, 0.3) is 5.91 Å². The van der Waals surface area contributed by atoms with Crippen molar-refractivity contribution in [2.24, 2.45) is 0 Å². The molecule has 25 heavy (non-hydrogen) atoms. The van der Waals surface area contributed by atoms with Crippen molar-refractivity contribution >= 4 is 34.1 Å². The van der Waals surface area contributed by atoms with Gasteiger partial charge in [0, 0.05) is 34.6 Å². The fraction of sp³-hybridized carbons (Fsp3) is 0.263. The molecule has 5 nitrogen and oxygen atoms in total. The Hall–Kier alpha value is -2.60. The first-order chi connectivity index (χ1) is 12.2. The Labute approximate surface area is 150 Å². The SMILES string of the molecule is CCc1cccc2c(CCNC(=O)CNC(=O)c3ccsc3)c[nH]c12. The summed E-state index contributed by atoms with van der Waals surface area (Å²) in [6, 6.07) is 8.03. The van der Waals surface area contributed by atoms with E-state index in [4.69, 9.17) is 0 Å². The molecule has 130 valence electrons. The van der Waals surface area contributed by atoms with Crippen LogP contribution < -0.4 is 10.6 Å². The Morgan fingerprint density at radius 1 is 1.16 bits per heavy atom. The lowest BCUT2D eigenvalue weighted by Gasteiger charge is -2.06. The lowest BCUT2D eigenvalue weighted by molar-refractivity contribution is -0.120. The van der Waals surface area contributed by atoms with Crippen molar-refractivity contribution in [2.75, 3.05) is 13.1 Å². The molecule has 0 aliphatic carbocycles. The number of amides is 2. The third-order valence-corrected chi connectivity index (χ3v) is 4.86. The van der Waals surface area contributed by atoms with Gasteiger partial charge in [-0.1, -0.05) is 25.1 Å². The molecule has 0 aliphatic rings. The summed E-state index contributed by atoms with van der Waals surface area (Å²) in [5.74, 6) is -0.405. The number of carbonyl (C=O) groups is 2. The molecular weight excluding hydrogens is 334 g/mol. The number of aromatic nitrogens is 1. The predicted molar refractivity (Wildman–Crippen MR) is 101 cm³/mol. The van der Waals surface area contributed by atoms with Gasteiger partial charge in [-0.15, -0.1) is 0 Å². The molecule has 0 spiro atoms. The van der Waals surface area contributed by atoms with Crippen molar-refractivity contribution in [1.82, 2.24) is 15.6 Å². The topological polar surface area (TPSA) is 74.0 Å². The summed E-state index contributed by atoms with van der Waals surface area (Å²) in [5.41, 5.74) is 4.24. The number of thiophene rings is 1. The largest absolute Gasteiger partial charge is 0.361 e. The van der Waals surface area contributed by atoms with E-state index in [0.29, 0.717) is 12.1 Å². The number of aryl methyl sites for hydroxylation is 1. The van der Waals surface area contributed by atoms with Crippen LogP contribution in [0.1, 0.15) is 28.4 Å². The van der Waals surface area contributed by atoms with E-state index in [-0.39, 0.29) is 18.4 Å². The second-order valence-corrected chi connectivity index (χ2v) is 6.58. The molecule has 3 aromatic rings. The fourth-order valence-corrected chi connectivity index (χ4v) is 3.47. The van der Waals surface area contributed by atoms with Crippen molar-refractivity contribution in [1.29, 1.82) is 0 Å². The van der Waals surface area contributed by atoms with Gasteiger partial charge in [0.1, 0.15) is 0 Å². The van der Waals surface area contributed by atoms with Crippen LogP contribution in [0.3, 0.4) is 0 Å². The normalized spacial score (nSPS) is 10.8. The molecule has 0 atom stereocenters. The standard InChI is InChI=1S/C19H21N3O2S/c1-2-13-4-3-5-16-14(10-21-18(13)16)6-8-20-17(23)11-22-19(24)15-7-9-25-12-15/h3-5,7,9-10,12,21H,2,6,8,11H2,1H3,(H,20,23)(H,22,24). The molecule has 2 aromatic heterocycles. The quantitative estimate of drug-likeness (QED) is 0.610. The van der Waals surface area contributed by atoms with Gasteiger partial charge in [0.05, 0.1) is 6.54 Å². The number of rotatable bonds is 7. The van der Waals surface area contributed by atoms with E-state index in [2.05, 4.69) is 40.7 Å². The molecule has 0 unspecified atom stereocenters. The molecule has 0 aliphatic heterocycles.